The minimum Gasteiger partial charge on any atom is -0.480 e. The van der Waals surface area contributed by atoms with Crippen molar-refractivity contribution in [2.45, 2.75) is 50.6 Å². The third kappa shape index (κ3) is 2.84. The number of carboxylic acids is 1. The molecule has 0 aromatic carbocycles. The number of piperidine rings is 1. The number of aromatic nitrogens is 2. The highest BCUT2D eigenvalue weighted by Gasteiger charge is 2.52. The summed E-state index contributed by atoms with van der Waals surface area (Å²) in [5, 5.41) is 17.0. The van der Waals surface area contributed by atoms with E-state index in [-0.39, 0.29) is 16.9 Å². The van der Waals surface area contributed by atoms with Crippen molar-refractivity contribution in [1.29, 1.82) is 0 Å². The molecule has 2 N–H and O–H groups in total. The highest BCUT2D eigenvalue weighted by molar-refractivity contribution is 7.89. The monoisotopic (exact) mass is 356 g/mol. The molecule has 2 fully saturated rings. The lowest BCUT2D eigenvalue weighted by Crippen LogP contribution is -2.42. The van der Waals surface area contributed by atoms with Gasteiger partial charge in [-0.2, -0.15) is 9.40 Å². The minimum absolute atomic E-state index is 0.113. The zero-order valence-corrected chi connectivity index (χ0v) is 14.8. The van der Waals surface area contributed by atoms with Gasteiger partial charge in [0.1, 0.15) is 10.9 Å². The van der Waals surface area contributed by atoms with Crippen molar-refractivity contribution in [2.75, 3.05) is 19.6 Å². The van der Waals surface area contributed by atoms with Crippen LogP contribution in [0.5, 0.6) is 0 Å². The molecule has 3 heterocycles. The number of aryl methyl sites for hydroxylation is 2. The summed E-state index contributed by atoms with van der Waals surface area (Å²) in [5.74, 6) is -1.07. The molecule has 1 atom stereocenters. The van der Waals surface area contributed by atoms with Crippen molar-refractivity contribution in [3.05, 3.63) is 11.9 Å². The van der Waals surface area contributed by atoms with E-state index in [0.717, 1.165) is 25.9 Å². The van der Waals surface area contributed by atoms with Crippen molar-refractivity contribution in [3.8, 4) is 0 Å². The molecule has 0 bridgehead atoms. The third-order valence-electron chi connectivity index (χ3n) is 5.23. The molecule has 0 saturated carbocycles. The van der Waals surface area contributed by atoms with Crippen molar-refractivity contribution in [1.82, 2.24) is 19.4 Å². The van der Waals surface area contributed by atoms with Gasteiger partial charge in [0.15, 0.2) is 0 Å². The first-order chi connectivity index (χ1) is 11.3. The summed E-state index contributed by atoms with van der Waals surface area (Å²) in [5.41, 5.74) is 0.169. The minimum atomic E-state index is -3.88. The number of sulfonamides is 1. The maximum atomic E-state index is 13.1. The van der Waals surface area contributed by atoms with Crippen LogP contribution >= 0.6 is 0 Å². The van der Waals surface area contributed by atoms with Crippen LogP contribution in [0.2, 0.25) is 0 Å². The second-order valence-corrected chi connectivity index (χ2v) is 8.65. The van der Waals surface area contributed by atoms with E-state index in [2.05, 4.69) is 10.4 Å². The Morgan fingerprint density at radius 3 is 2.67 bits per heavy atom. The van der Waals surface area contributed by atoms with Gasteiger partial charge in [-0.25, -0.2) is 8.42 Å². The number of carboxylic acid groups (broad SMARTS) is 1. The Morgan fingerprint density at radius 1 is 1.46 bits per heavy atom. The lowest BCUT2D eigenvalue weighted by atomic mass is 9.77. The molecule has 134 valence electrons. The highest BCUT2D eigenvalue weighted by atomic mass is 32.2. The van der Waals surface area contributed by atoms with Gasteiger partial charge in [0.25, 0.3) is 0 Å². The van der Waals surface area contributed by atoms with Crippen LogP contribution in [0.1, 0.15) is 31.9 Å². The first-order valence-corrected chi connectivity index (χ1v) is 9.72. The van der Waals surface area contributed by atoms with Crippen LogP contribution in [0.3, 0.4) is 0 Å². The molecule has 0 aliphatic carbocycles. The molecule has 1 aromatic heterocycles. The lowest BCUT2D eigenvalue weighted by molar-refractivity contribution is -0.140. The summed E-state index contributed by atoms with van der Waals surface area (Å²) < 4.78 is 29.0. The molecular weight excluding hydrogens is 332 g/mol. The molecule has 1 unspecified atom stereocenters. The molecule has 2 aliphatic heterocycles. The van der Waals surface area contributed by atoms with E-state index >= 15 is 0 Å². The molecule has 0 amide bonds. The number of aliphatic carboxylic acids is 1. The molecule has 8 nitrogen and oxygen atoms in total. The largest absolute Gasteiger partial charge is 0.480 e. The average Bonchev–Trinajstić information content (AvgIpc) is 3.10. The topological polar surface area (TPSA) is 105 Å². The first kappa shape index (κ1) is 17.4. The fraction of sp³-hybridized carbons (Fsp3) is 0.733. The molecule has 2 saturated heterocycles. The van der Waals surface area contributed by atoms with Gasteiger partial charge in [0.2, 0.25) is 10.0 Å². The quantitative estimate of drug-likeness (QED) is 0.811. The van der Waals surface area contributed by atoms with Crippen molar-refractivity contribution in [3.63, 3.8) is 0 Å². The van der Waals surface area contributed by atoms with Gasteiger partial charge in [-0.3, -0.25) is 9.48 Å². The van der Waals surface area contributed by atoms with E-state index in [1.165, 1.54) is 10.5 Å². The average molecular weight is 356 g/mol. The first-order valence-electron chi connectivity index (χ1n) is 8.28. The zero-order chi connectivity index (χ0) is 17.5. The van der Waals surface area contributed by atoms with Gasteiger partial charge >= 0.3 is 5.97 Å². The maximum absolute atomic E-state index is 13.1. The third-order valence-corrected chi connectivity index (χ3v) is 7.18. The van der Waals surface area contributed by atoms with Gasteiger partial charge in [0.05, 0.1) is 5.69 Å². The van der Waals surface area contributed by atoms with E-state index in [1.807, 2.05) is 6.92 Å². The van der Waals surface area contributed by atoms with Crippen LogP contribution in [0.4, 0.5) is 0 Å². The van der Waals surface area contributed by atoms with Gasteiger partial charge in [0, 0.05) is 19.3 Å². The van der Waals surface area contributed by atoms with Crippen LogP contribution in [0.15, 0.2) is 11.1 Å². The normalized spacial score (nSPS) is 24.5. The summed E-state index contributed by atoms with van der Waals surface area (Å²) in [6.07, 6.45) is 3.48. The number of nitrogens with zero attached hydrogens (tertiary/aromatic N) is 3. The molecule has 3 rings (SSSR count). The number of carbonyl (C=O) groups is 1. The van der Waals surface area contributed by atoms with Crippen molar-refractivity contribution < 1.29 is 18.3 Å². The molecule has 1 aromatic rings. The fourth-order valence-electron chi connectivity index (χ4n) is 3.84. The summed E-state index contributed by atoms with van der Waals surface area (Å²) in [6, 6.07) is -1.00. The number of nitrogens with one attached hydrogen (secondary N) is 1. The van der Waals surface area contributed by atoms with Gasteiger partial charge in [-0.15, -0.1) is 0 Å². The Morgan fingerprint density at radius 2 is 2.12 bits per heavy atom. The summed E-state index contributed by atoms with van der Waals surface area (Å²) in [7, 11) is -3.88. The summed E-state index contributed by atoms with van der Waals surface area (Å²) in [6.45, 7) is 5.95. The van der Waals surface area contributed by atoms with Gasteiger partial charge < -0.3 is 10.4 Å². The standard InChI is InChI=1S/C15H24N4O4S/c1-3-18-9-13(11(2)17-18)24(22,23)19-10-15(4-6-16-7-5-15)8-12(19)14(20)21/h9,12,16H,3-8,10H2,1-2H3,(H,20,21). The molecule has 2 aliphatic rings. The molecule has 0 radical (unpaired) electrons. The molecular formula is C15H24N4O4S. The van der Waals surface area contributed by atoms with E-state index < -0.39 is 22.0 Å². The van der Waals surface area contributed by atoms with E-state index in [1.54, 1.807) is 11.6 Å². The van der Waals surface area contributed by atoms with E-state index in [4.69, 9.17) is 0 Å². The Kier molecular flexibility index (Phi) is 4.43. The predicted octanol–water partition coefficient (Wildman–Crippen LogP) is 0.429. The smallest absolute Gasteiger partial charge is 0.322 e. The number of hydrogen-bond acceptors (Lipinski definition) is 5. The fourth-order valence-corrected chi connectivity index (χ4v) is 5.71. The number of hydrogen-bond donors (Lipinski definition) is 2. The van der Waals surface area contributed by atoms with Gasteiger partial charge in [-0.1, -0.05) is 0 Å². The van der Waals surface area contributed by atoms with Crippen LogP contribution in [0, 0.1) is 12.3 Å². The number of rotatable bonds is 4. The van der Waals surface area contributed by atoms with Crippen LogP contribution in [-0.2, 0) is 21.4 Å². The van der Waals surface area contributed by atoms with Crippen LogP contribution < -0.4 is 5.32 Å². The lowest BCUT2D eigenvalue weighted by Gasteiger charge is -2.33. The second kappa shape index (κ2) is 6.12. The maximum Gasteiger partial charge on any atom is 0.322 e. The van der Waals surface area contributed by atoms with Crippen LogP contribution in [-0.4, -0.2) is 59.3 Å². The Balaban J connectivity index is 1.98. The highest BCUT2D eigenvalue weighted by Crippen LogP contribution is 2.44. The van der Waals surface area contributed by atoms with Gasteiger partial charge in [-0.05, 0) is 51.6 Å². The SMILES string of the molecule is CCn1cc(S(=O)(=O)N2CC3(CCNCC3)CC2C(=O)O)c(C)n1. The Labute approximate surface area is 141 Å². The van der Waals surface area contributed by atoms with Crippen LogP contribution in [0.25, 0.3) is 0 Å². The van der Waals surface area contributed by atoms with E-state index in [9.17, 15) is 18.3 Å². The summed E-state index contributed by atoms with van der Waals surface area (Å²) in [4.78, 5) is 11.8. The summed E-state index contributed by atoms with van der Waals surface area (Å²) >= 11 is 0. The van der Waals surface area contributed by atoms with E-state index in [0.29, 0.717) is 18.7 Å². The molecule has 1 spiro atoms. The Hall–Kier alpha value is -1.45. The predicted molar refractivity (Wildman–Crippen MR) is 87.1 cm³/mol. The van der Waals surface area contributed by atoms with Crippen molar-refractivity contribution >= 4 is 16.0 Å². The zero-order valence-electron chi connectivity index (χ0n) is 14.0. The second-order valence-electron chi connectivity index (χ2n) is 6.79. The molecule has 9 heteroatoms. The Bertz CT molecular complexity index is 737. The molecule has 24 heavy (non-hydrogen) atoms. The van der Waals surface area contributed by atoms with Crippen molar-refractivity contribution in [2.24, 2.45) is 5.41 Å².